The van der Waals surface area contributed by atoms with Gasteiger partial charge in [-0.15, -0.1) is 6.58 Å². The Hall–Kier alpha value is -2.08. The number of carbonyl (C=O) groups is 2. The summed E-state index contributed by atoms with van der Waals surface area (Å²) in [6.07, 6.45) is 2.59. The van der Waals surface area contributed by atoms with E-state index in [9.17, 15) is 9.59 Å². The zero-order chi connectivity index (χ0) is 13.4. The molecular formula is C12H15NO5. The maximum atomic E-state index is 11.7. The van der Waals surface area contributed by atoms with E-state index >= 15 is 0 Å². The number of rotatable bonds is 8. The van der Waals surface area contributed by atoms with Crippen LogP contribution in [0.5, 0.6) is 0 Å². The third-order valence-corrected chi connectivity index (χ3v) is 2.07. The van der Waals surface area contributed by atoms with Gasteiger partial charge in [-0.1, -0.05) is 6.08 Å². The monoisotopic (exact) mass is 253 g/mol. The van der Waals surface area contributed by atoms with E-state index in [0.717, 1.165) is 0 Å². The molecule has 1 amide bonds. The topological polar surface area (TPSA) is 88.8 Å². The molecule has 0 aliphatic rings. The molecule has 6 nitrogen and oxygen atoms in total. The summed E-state index contributed by atoms with van der Waals surface area (Å²) in [5.74, 6) is -1.28. The molecule has 0 saturated carbocycles. The molecule has 0 aliphatic carbocycles. The highest BCUT2D eigenvalue weighted by Gasteiger charge is 2.16. The number of nitrogens with one attached hydrogen (secondary N) is 1. The lowest BCUT2D eigenvalue weighted by Gasteiger charge is -2.04. The van der Waals surface area contributed by atoms with Crippen LogP contribution in [0.1, 0.15) is 16.1 Å². The molecule has 18 heavy (non-hydrogen) atoms. The van der Waals surface area contributed by atoms with E-state index in [-0.39, 0.29) is 23.7 Å². The van der Waals surface area contributed by atoms with Crippen molar-refractivity contribution in [2.24, 2.45) is 0 Å². The molecule has 0 aliphatic heterocycles. The number of carbonyl (C=O) groups excluding carboxylic acids is 1. The van der Waals surface area contributed by atoms with Crippen LogP contribution in [0.4, 0.5) is 0 Å². The molecule has 0 radical (unpaired) electrons. The Morgan fingerprint density at radius 2 is 2.33 bits per heavy atom. The summed E-state index contributed by atoms with van der Waals surface area (Å²) in [5.41, 5.74) is 0.237. The van der Waals surface area contributed by atoms with Crippen LogP contribution in [0, 0.1) is 0 Å². The second kappa shape index (κ2) is 7.29. The van der Waals surface area contributed by atoms with Crippen molar-refractivity contribution in [2.45, 2.75) is 6.42 Å². The van der Waals surface area contributed by atoms with E-state index in [1.807, 2.05) is 0 Å². The zero-order valence-corrected chi connectivity index (χ0v) is 9.85. The number of carboxylic acids is 1. The minimum atomic E-state index is -1.05. The predicted molar refractivity (Wildman–Crippen MR) is 63.4 cm³/mol. The Morgan fingerprint density at radius 1 is 1.56 bits per heavy atom. The van der Waals surface area contributed by atoms with Gasteiger partial charge in [0.2, 0.25) is 0 Å². The molecule has 0 bridgehead atoms. The molecule has 1 aromatic heterocycles. The van der Waals surface area contributed by atoms with E-state index in [4.69, 9.17) is 14.3 Å². The molecule has 1 aromatic rings. The van der Waals surface area contributed by atoms with Crippen molar-refractivity contribution in [1.82, 2.24) is 5.32 Å². The first-order valence-corrected chi connectivity index (χ1v) is 5.40. The molecule has 0 atom stereocenters. The number of carboxylic acid groups (broad SMARTS) is 1. The van der Waals surface area contributed by atoms with Gasteiger partial charge in [-0.25, -0.2) is 0 Å². The fourth-order valence-corrected chi connectivity index (χ4v) is 1.32. The minimum absolute atomic E-state index is 0.145. The summed E-state index contributed by atoms with van der Waals surface area (Å²) in [5, 5.41) is 11.3. The van der Waals surface area contributed by atoms with E-state index in [2.05, 4.69) is 11.9 Å². The normalized spacial score (nSPS) is 10.0. The third kappa shape index (κ3) is 4.42. The van der Waals surface area contributed by atoms with Crippen molar-refractivity contribution in [2.75, 3.05) is 19.8 Å². The van der Waals surface area contributed by atoms with Crippen molar-refractivity contribution in [1.29, 1.82) is 0 Å². The van der Waals surface area contributed by atoms with Gasteiger partial charge < -0.3 is 19.6 Å². The Morgan fingerprint density at radius 3 is 3.00 bits per heavy atom. The smallest absolute Gasteiger partial charge is 0.311 e. The highest BCUT2D eigenvalue weighted by molar-refractivity contribution is 5.95. The first-order chi connectivity index (χ1) is 8.65. The molecule has 0 aromatic carbocycles. The van der Waals surface area contributed by atoms with E-state index in [0.29, 0.717) is 19.8 Å². The van der Waals surface area contributed by atoms with Crippen LogP contribution in [-0.4, -0.2) is 36.7 Å². The molecule has 0 fully saturated rings. The van der Waals surface area contributed by atoms with Gasteiger partial charge in [0.15, 0.2) is 0 Å². The summed E-state index contributed by atoms with van der Waals surface area (Å²) >= 11 is 0. The zero-order valence-electron chi connectivity index (χ0n) is 9.85. The first-order valence-electron chi connectivity index (χ1n) is 5.40. The lowest BCUT2D eigenvalue weighted by molar-refractivity contribution is -0.136. The lowest BCUT2D eigenvalue weighted by Crippen LogP contribution is -2.27. The summed E-state index contributed by atoms with van der Waals surface area (Å²) in [7, 11) is 0. The van der Waals surface area contributed by atoms with Gasteiger partial charge in [-0.05, 0) is 6.07 Å². The number of ether oxygens (including phenoxy) is 1. The van der Waals surface area contributed by atoms with Crippen molar-refractivity contribution < 1.29 is 23.8 Å². The maximum absolute atomic E-state index is 11.7. The first kappa shape index (κ1) is 14.0. The van der Waals surface area contributed by atoms with Gasteiger partial charge in [-0.3, -0.25) is 9.59 Å². The van der Waals surface area contributed by atoms with Crippen molar-refractivity contribution in [3.63, 3.8) is 0 Å². The van der Waals surface area contributed by atoms with Gasteiger partial charge in [0.1, 0.15) is 12.2 Å². The number of aliphatic carboxylic acids is 1. The van der Waals surface area contributed by atoms with Crippen LogP contribution in [-0.2, 0) is 16.0 Å². The molecule has 0 unspecified atom stereocenters. The van der Waals surface area contributed by atoms with Crippen LogP contribution in [0.25, 0.3) is 0 Å². The second-order valence-electron chi connectivity index (χ2n) is 3.45. The van der Waals surface area contributed by atoms with Crippen LogP contribution >= 0.6 is 0 Å². The summed E-state index contributed by atoms with van der Waals surface area (Å²) < 4.78 is 10.1. The maximum Gasteiger partial charge on any atom is 0.311 e. The molecular weight excluding hydrogens is 238 g/mol. The standard InChI is InChI=1S/C12H15NO5/c1-2-5-17-7-4-13-12(16)9-3-6-18-10(9)8-11(14)15/h2-3,6H,1,4-5,7-8H2,(H,13,16)(H,14,15). The Kier molecular flexibility index (Phi) is 5.66. The lowest BCUT2D eigenvalue weighted by atomic mass is 10.2. The van der Waals surface area contributed by atoms with E-state index in [1.165, 1.54) is 12.3 Å². The van der Waals surface area contributed by atoms with Crippen molar-refractivity contribution in [3.05, 3.63) is 36.3 Å². The number of hydrogen-bond acceptors (Lipinski definition) is 4. The van der Waals surface area contributed by atoms with E-state index < -0.39 is 5.97 Å². The third-order valence-electron chi connectivity index (χ3n) is 2.07. The fraction of sp³-hybridized carbons (Fsp3) is 0.333. The van der Waals surface area contributed by atoms with Crippen LogP contribution in [0.15, 0.2) is 29.4 Å². The molecule has 0 spiro atoms. The number of furan rings is 1. The summed E-state index contributed by atoms with van der Waals surface area (Å²) in [6, 6.07) is 1.44. The van der Waals surface area contributed by atoms with Gasteiger partial charge in [0.05, 0.1) is 25.0 Å². The minimum Gasteiger partial charge on any atom is -0.481 e. The van der Waals surface area contributed by atoms with Crippen LogP contribution in [0.2, 0.25) is 0 Å². The summed E-state index contributed by atoms with van der Waals surface area (Å²) in [6.45, 7) is 4.62. The van der Waals surface area contributed by atoms with Crippen molar-refractivity contribution in [3.8, 4) is 0 Å². The van der Waals surface area contributed by atoms with Gasteiger partial charge in [0.25, 0.3) is 5.91 Å². The molecule has 6 heteroatoms. The molecule has 1 rings (SSSR count). The quantitative estimate of drug-likeness (QED) is 0.529. The Labute approximate surface area is 104 Å². The largest absolute Gasteiger partial charge is 0.481 e. The molecule has 0 saturated heterocycles. The highest BCUT2D eigenvalue weighted by atomic mass is 16.5. The Balaban J connectivity index is 2.43. The van der Waals surface area contributed by atoms with Crippen molar-refractivity contribution >= 4 is 11.9 Å². The second-order valence-corrected chi connectivity index (χ2v) is 3.45. The van der Waals surface area contributed by atoms with Gasteiger partial charge in [0, 0.05) is 6.54 Å². The number of amides is 1. The predicted octanol–water partition coefficient (Wildman–Crippen LogP) is 0.839. The summed E-state index contributed by atoms with van der Waals surface area (Å²) in [4.78, 5) is 22.3. The molecule has 98 valence electrons. The van der Waals surface area contributed by atoms with Gasteiger partial charge in [-0.2, -0.15) is 0 Å². The van der Waals surface area contributed by atoms with Crippen LogP contribution < -0.4 is 5.32 Å². The average Bonchev–Trinajstić information content (AvgIpc) is 2.76. The number of hydrogen-bond donors (Lipinski definition) is 2. The van der Waals surface area contributed by atoms with Gasteiger partial charge >= 0.3 is 5.97 Å². The molecule has 1 heterocycles. The molecule has 2 N–H and O–H groups in total. The Bertz CT molecular complexity index is 424. The SMILES string of the molecule is C=CCOCCNC(=O)c1ccoc1CC(=O)O. The van der Waals surface area contributed by atoms with Crippen LogP contribution in [0.3, 0.4) is 0 Å². The average molecular weight is 253 g/mol. The van der Waals surface area contributed by atoms with E-state index in [1.54, 1.807) is 6.08 Å². The highest BCUT2D eigenvalue weighted by Crippen LogP contribution is 2.11. The fourth-order valence-electron chi connectivity index (χ4n) is 1.32.